The number of carbonyl (C=O) groups excluding carboxylic acids is 1. The van der Waals surface area contributed by atoms with Crippen LogP contribution in [0.5, 0.6) is 5.75 Å². The van der Waals surface area contributed by atoms with E-state index in [0.29, 0.717) is 11.7 Å². The van der Waals surface area contributed by atoms with Crippen LogP contribution in [0.1, 0.15) is 48.0 Å². The molecule has 0 aliphatic heterocycles. The van der Waals surface area contributed by atoms with Gasteiger partial charge in [-0.3, -0.25) is 4.79 Å². The van der Waals surface area contributed by atoms with E-state index in [9.17, 15) is 4.79 Å². The molecule has 1 aromatic heterocycles. The number of para-hydroxylation sites is 1. The van der Waals surface area contributed by atoms with E-state index in [-0.39, 0.29) is 17.8 Å². The van der Waals surface area contributed by atoms with Crippen molar-refractivity contribution in [3.05, 3.63) is 64.5 Å². The average Bonchev–Trinajstić information content (AvgIpc) is 3.14. The molecule has 0 saturated carbocycles. The number of hydrogen-bond donors (Lipinski definition) is 1. The normalized spacial score (nSPS) is 11.9. The maximum Gasteiger partial charge on any atom is 0.234 e. The third kappa shape index (κ3) is 5.47. The van der Waals surface area contributed by atoms with E-state index in [1.165, 1.54) is 17.3 Å². The molecule has 0 aliphatic carbocycles. The number of aryl methyl sites for hydroxylation is 4. The van der Waals surface area contributed by atoms with Gasteiger partial charge in [-0.1, -0.05) is 47.7 Å². The Morgan fingerprint density at radius 3 is 2.45 bits per heavy atom. The quantitative estimate of drug-likeness (QED) is 0.477. The van der Waals surface area contributed by atoms with Gasteiger partial charge in [0.15, 0.2) is 17.1 Å². The molecule has 3 aromatic rings. The van der Waals surface area contributed by atoms with Gasteiger partial charge < -0.3 is 14.6 Å². The molecule has 1 amide bonds. The van der Waals surface area contributed by atoms with Crippen LogP contribution in [0.3, 0.4) is 0 Å². The molecule has 1 N–H and O–H groups in total. The average molecular weight is 439 g/mol. The largest absolute Gasteiger partial charge is 0.482 e. The molecule has 1 heterocycles. The number of ether oxygens (including phenoxy) is 1. The van der Waals surface area contributed by atoms with Crippen LogP contribution >= 0.6 is 11.8 Å². The Morgan fingerprint density at radius 2 is 1.81 bits per heavy atom. The maximum absolute atomic E-state index is 12.5. The molecule has 7 heteroatoms. The van der Waals surface area contributed by atoms with Gasteiger partial charge in [-0.2, -0.15) is 0 Å². The third-order valence-corrected chi connectivity index (χ3v) is 6.10. The molecule has 0 spiro atoms. The van der Waals surface area contributed by atoms with Crippen LogP contribution < -0.4 is 10.1 Å². The summed E-state index contributed by atoms with van der Waals surface area (Å²) in [6.45, 7) is 12.8. The topological polar surface area (TPSA) is 69.0 Å². The fourth-order valence-corrected chi connectivity index (χ4v) is 4.31. The van der Waals surface area contributed by atoms with Gasteiger partial charge in [0.1, 0.15) is 5.75 Å². The van der Waals surface area contributed by atoms with E-state index in [2.05, 4.69) is 28.5 Å². The first-order chi connectivity index (χ1) is 14.8. The summed E-state index contributed by atoms with van der Waals surface area (Å²) in [5, 5.41) is 12.4. The molecular formula is C24H30N4O2S. The molecule has 6 nitrogen and oxygen atoms in total. The summed E-state index contributed by atoms with van der Waals surface area (Å²) in [4.78, 5) is 12.5. The summed E-state index contributed by atoms with van der Waals surface area (Å²) in [5.41, 5.74) is 5.27. The number of carbonyl (C=O) groups is 1. The summed E-state index contributed by atoms with van der Waals surface area (Å²) < 4.78 is 8.17. The van der Waals surface area contributed by atoms with Gasteiger partial charge in [-0.25, -0.2) is 0 Å². The number of nitrogens with one attached hydrogen (secondary N) is 1. The lowest BCUT2D eigenvalue weighted by Gasteiger charge is -2.17. The first-order valence-corrected chi connectivity index (χ1v) is 11.4. The molecule has 0 bridgehead atoms. The number of rotatable bonds is 8. The molecule has 0 saturated heterocycles. The predicted molar refractivity (Wildman–Crippen MR) is 126 cm³/mol. The number of benzene rings is 2. The lowest BCUT2D eigenvalue weighted by molar-refractivity contribution is -0.113. The zero-order valence-corrected chi connectivity index (χ0v) is 19.8. The number of aromatic nitrogens is 3. The first kappa shape index (κ1) is 22.9. The maximum atomic E-state index is 12.5. The van der Waals surface area contributed by atoms with Crippen molar-refractivity contribution in [2.75, 3.05) is 11.1 Å². The van der Waals surface area contributed by atoms with E-state index in [0.717, 1.165) is 34.0 Å². The SMILES string of the molecule is CCn1c(SCC(=O)Nc2c(C)cccc2C)nnc1C(C)Oc1ccc(C)cc1C. The molecular weight excluding hydrogens is 408 g/mol. The molecule has 31 heavy (non-hydrogen) atoms. The summed E-state index contributed by atoms with van der Waals surface area (Å²) in [5.74, 6) is 1.79. The highest BCUT2D eigenvalue weighted by molar-refractivity contribution is 7.99. The van der Waals surface area contributed by atoms with Crippen molar-refractivity contribution in [1.29, 1.82) is 0 Å². The zero-order chi connectivity index (χ0) is 22.5. The van der Waals surface area contributed by atoms with Gasteiger partial charge in [-0.05, 0) is 64.3 Å². The summed E-state index contributed by atoms with van der Waals surface area (Å²) >= 11 is 1.38. The first-order valence-electron chi connectivity index (χ1n) is 10.5. The van der Waals surface area contributed by atoms with Gasteiger partial charge in [0.05, 0.1) is 5.75 Å². The van der Waals surface area contributed by atoms with E-state index < -0.39 is 0 Å². The second-order valence-corrected chi connectivity index (χ2v) is 8.66. The van der Waals surface area contributed by atoms with Crippen LogP contribution in [0.4, 0.5) is 5.69 Å². The highest BCUT2D eigenvalue weighted by Gasteiger charge is 2.20. The van der Waals surface area contributed by atoms with Gasteiger partial charge >= 0.3 is 0 Å². The Labute approximate surface area is 188 Å². The van der Waals surface area contributed by atoms with Crippen molar-refractivity contribution < 1.29 is 9.53 Å². The Hall–Kier alpha value is -2.80. The number of anilines is 1. The third-order valence-electron chi connectivity index (χ3n) is 5.14. The second kappa shape index (κ2) is 10.0. The van der Waals surface area contributed by atoms with Crippen molar-refractivity contribution in [2.45, 2.75) is 59.3 Å². The van der Waals surface area contributed by atoms with Crippen LogP contribution in [-0.4, -0.2) is 26.4 Å². The Bertz CT molecular complexity index is 1060. The van der Waals surface area contributed by atoms with Crippen LogP contribution in [0, 0.1) is 27.7 Å². The number of amides is 1. The Morgan fingerprint density at radius 1 is 1.10 bits per heavy atom. The highest BCUT2D eigenvalue weighted by Crippen LogP contribution is 2.27. The second-order valence-electron chi connectivity index (χ2n) is 7.72. The molecule has 0 fully saturated rings. The van der Waals surface area contributed by atoms with E-state index in [1.54, 1.807) is 0 Å². The lowest BCUT2D eigenvalue weighted by Crippen LogP contribution is -2.16. The van der Waals surface area contributed by atoms with Gasteiger partial charge in [0.2, 0.25) is 5.91 Å². The van der Waals surface area contributed by atoms with Gasteiger partial charge in [0, 0.05) is 12.2 Å². The molecule has 0 radical (unpaired) electrons. The number of nitrogens with zero attached hydrogens (tertiary/aromatic N) is 3. The zero-order valence-electron chi connectivity index (χ0n) is 19.0. The fourth-order valence-electron chi connectivity index (χ4n) is 3.50. The number of hydrogen-bond acceptors (Lipinski definition) is 5. The molecule has 164 valence electrons. The van der Waals surface area contributed by atoms with Gasteiger partial charge in [0.25, 0.3) is 0 Å². The summed E-state index contributed by atoms with van der Waals surface area (Å²) in [7, 11) is 0. The van der Waals surface area contributed by atoms with E-state index in [1.807, 2.05) is 69.5 Å². The smallest absolute Gasteiger partial charge is 0.234 e. The summed E-state index contributed by atoms with van der Waals surface area (Å²) in [6, 6.07) is 12.1. The van der Waals surface area contributed by atoms with Crippen LogP contribution in [0.2, 0.25) is 0 Å². The minimum Gasteiger partial charge on any atom is -0.482 e. The number of thioether (sulfide) groups is 1. The van der Waals surface area contributed by atoms with E-state index >= 15 is 0 Å². The van der Waals surface area contributed by atoms with Crippen LogP contribution in [-0.2, 0) is 11.3 Å². The lowest BCUT2D eigenvalue weighted by atomic mass is 10.1. The van der Waals surface area contributed by atoms with Crippen molar-refractivity contribution in [3.63, 3.8) is 0 Å². The van der Waals surface area contributed by atoms with Crippen molar-refractivity contribution in [3.8, 4) is 5.75 Å². The van der Waals surface area contributed by atoms with Crippen molar-refractivity contribution >= 4 is 23.4 Å². The minimum atomic E-state index is -0.258. The highest BCUT2D eigenvalue weighted by atomic mass is 32.2. The van der Waals surface area contributed by atoms with E-state index in [4.69, 9.17) is 4.74 Å². The standard InChI is InChI=1S/C24H30N4O2S/c1-7-28-23(19(6)30-20-12-11-15(2)13-18(20)5)26-27-24(28)31-14-21(29)25-22-16(3)9-8-10-17(22)4/h8-13,19H,7,14H2,1-6H3,(H,25,29). The van der Waals surface area contributed by atoms with Crippen LogP contribution in [0.25, 0.3) is 0 Å². The Kier molecular flexibility index (Phi) is 7.38. The molecule has 3 rings (SSSR count). The van der Waals surface area contributed by atoms with Crippen molar-refractivity contribution in [1.82, 2.24) is 14.8 Å². The predicted octanol–water partition coefficient (Wildman–Crippen LogP) is 5.40. The Balaban J connectivity index is 1.67. The molecule has 2 aromatic carbocycles. The molecule has 1 unspecified atom stereocenters. The van der Waals surface area contributed by atoms with Crippen LogP contribution in [0.15, 0.2) is 41.6 Å². The fraction of sp³-hybridized carbons (Fsp3) is 0.375. The minimum absolute atomic E-state index is 0.0609. The molecule has 0 aliphatic rings. The summed E-state index contributed by atoms with van der Waals surface area (Å²) in [6.07, 6.45) is -0.258. The molecule has 1 atom stereocenters. The monoisotopic (exact) mass is 438 g/mol. The van der Waals surface area contributed by atoms with Gasteiger partial charge in [-0.15, -0.1) is 10.2 Å². The van der Waals surface area contributed by atoms with Crippen molar-refractivity contribution in [2.24, 2.45) is 0 Å².